The van der Waals surface area contributed by atoms with Crippen molar-refractivity contribution >= 4 is 17.3 Å². The summed E-state index contributed by atoms with van der Waals surface area (Å²) in [4.78, 5) is 18.0. The zero-order chi connectivity index (χ0) is 37.2. The van der Waals surface area contributed by atoms with Crippen molar-refractivity contribution in [1.82, 2.24) is 30.2 Å². The number of nitrogens with one attached hydrogen (secondary N) is 3. The maximum Gasteiger partial charge on any atom is 0.297 e. The van der Waals surface area contributed by atoms with Crippen LogP contribution in [0.4, 0.5) is 35.1 Å². The molecule has 4 N–H and O–H groups in total. The van der Waals surface area contributed by atoms with Gasteiger partial charge < -0.3 is 15.7 Å². The number of carbonyl (C=O) groups is 1. The van der Waals surface area contributed by atoms with Crippen molar-refractivity contribution in [2.24, 2.45) is 0 Å². The van der Waals surface area contributed by atoms with E-state index in [1.165, 1.54) is 44.3 Å². The number of fused-ring (bicyclic) bond motifs is 1. The highest BCUT2D eigenvalue weighted by atomic mass is 19.3. The third-order valence-electron chi connectivity index (χ3n) is 7.72. The normalized spacial score (nSPS) is 14.9. The van der Waals surface area contributed by atoms with Crippen LogP contribution >= 0.6 is 0 Å². The Morgan fingerprint density at radius 1 is 1.08 bits per heavy atom. The summed E-state index contributed by atoms with van der Waals surface area (Å²) in [6.07, 6.45) is -6.78. The van der Waals surface area contributed by atoms with Gasteiger partial charge in [0.05, 0.1) is 24.0 Å². The fourth-order valence-corrected chi connectivity index (χ4v) is 5.53. The minimum Gasteiger partial charge on any atom is -0.378 e. The van der Waals surface area contributed by atoms with Crippen LogP contribution in [0.25, 0.3) is 16.8 Å². The molecule has 1 unspecified atom stereocenters. The molecule has 1 amide bonds. The summed E-state index contributed by atoms with van der Waals surface area (Å²) in [5.41, 5.74) is -4.04. The minimum absolute atomic E-state index is 0.0184. The highest BCUT2D eigenvalue weighted by Crippen LogP contribution is 2.40. The van der Waals surface area contributed by atoms with Gasteiger partial charge in [0.2, 0.25) is 11.7 Å². The van der Waals surface area contributed by atoms with Crippen LogP contribution in [0.5, 0.6) is 0 Å². The zero-order valence-electron chi connectivity index (χ0n) is 26.8. The lowest BCUT2D eigenvalue weighted by Crippen LogP contribution is -2.40. The second kappa shape index (κ2) is 14.5. The summed E-state index contributed by atoms with van der Waals surface area (Å²) < 4.78 is 113. The van der Waals surface area contributed by atoms with Crippen molar-refractivity contribution in [2.75, 3.05) is 6.54 Å². The molecule has 0 aliphatic heterocycles. The average molecular weight is 720 g/mol. The molecular weight excluding hydrogens is 690 g/mol. The van der Waals surface area contributed by atoms with Gasteiger partial charge in [-0.3, -0.25) is 14.6 Å². The number of aliphatic hydroxyl groups is 1. The summed E-state index contributed by atoms with van der Waals surface area (Å²) >= 11 is 0. The first-order valence-electron chi connectivity index (χ1n) is 15.3. The lowest BCUT2D eigenvalue weighted by Gasteiger charge is -2.23. The van der Waals surface area contributed by atoms with Crippen molar-refractivity contribution in [2.45, 2.75) is 63.5 Å². The Morgan fingerprint density at radius 2 is 1.78 bits per heavy atom. The molecule has 0 saturated heterocycles. The van der Waals surface area contributed by atoms with Crippen LogP contribution in [-0.4, -0.2) is 60.8 Å². The number of amides is 1. The summed E-state index contributed by atoms with van der Waals surface area (Å²) in [7, 11) is 0. The minimum atomic E-state index is -3.63. The Balaban J connectivity index is 1.62. The van der Waals surface area contributed by atoms with E-state index in [-0.39, 0.29) is 40.1 Å². The molecule has 0 radical (unpaired) electrons. The van der Waals surface area contributed by atoms with Crippen LogP contribution in [0.3, 0.4) is 0 Å². The summed E-state index contributed by atoms with van der Waals surface area (Å²) in [6, 6.07) is 7.09. The number of nitrogens with zero attached hydrogens (tertiary/aromatic N) is 4. The predicted octanol–water partition coefficient (Wildman–Crippen LogP) is 6.09. The Kier molecular flexibility index (Phi) is 10.5. The molecule has 51 heavy (non-hydrogen) atoms. The second-order valence-corrected chi connectivity index (χ2v) is 12.1. The number of alkyl halides is 6. The largest absolute Gasteiger partial charge is 0.378 e. The second-order valence-electron chi connectivity index (χ2n) is 12.1. The molecular formula is C34H29F8N7O2. The lowest BCUT2D eigenvalue weighted by atomic mass is 9.95. The predicted molar refractivity (Wildman–Crippen MR) is 168 cm³/mol. The van der Waals surface area contributed by atoms with E-state index in [2.05, 4.69) is 37.7 Å². The summed E-state index contributed by atoms with van der Waals surface area (Å²) in [5, 5.41) is 30.0. The molecule has 3 heterocycles. The molecule has 1 aromatic carbocycles. The first kappa shape index (κ1) is 36.9. The van der Waals surface area contributed by atoms with E-state index in [4.69, 9.17) is 5.41 Å². The van der Waals surface area contributed by atoms with Crippen molar-refractivity contribution in [1.29, 1.82) is 5.41 Å². The molecule has 0 bridgehead atoms. The van der Waals surface area contributed by atoms with E-state index in [0.717, 1.165) is 16.5 Å². The SMILES string of the molecule is CC(C)(O)C#Cc1ccc(-c2cccn3c(C(F)F)nnc23)c(C(Cc2cc(F)cc(F)c2)NC(=O)CNC2=C(C(=N)C(F)F)CCC2(F)F)n1. The van der Waals surface area contributed by atoms with E-state index in [1.54, 1.807) is 0 Å². The fourth-order valence-electron chi connectivity index (χ4n) is 5.53. The number of carbonyl (C=O) groups excluding carboxylic acids is 1. The van der Waals surface area contributed by atoms with Crippen molar-refractivity contribution in [3.8, 4) is 23.0 Å². The first-order valence-corrected chi connectivity index (χ1v) is 15.3. The number of aromatic nitrogens is 4. The van der Waals surface area contributed by atoms with Gasteiger partial charge in [-0.15, -0.1) is 10.2 Å². The summed E-state index contributed by atoms with van der Waals surface area (Å²) in [5.74, 6) is -1.92. The smallest absolute Gasteiger partial charge is 0.297 e. The van der Waals surface area contributed by atoms with E-state index < -0.39 is 90.2 Å². The number of hydrogen-bond acceptors (Lipinski definition) is 7. The van der Waals surface area contributed by atoms with Crippen LogP contribution < -0.4 is 10.6 Å². The number of rotatable bonds is 11. The monoisotopic (exact) mass is 719 g/mol. The number of allylic oxidation sites excluding steroid dienone is 2. The van der Waals surface area contributed by atoms with Crippen LogP contribution in [0, 0.1) is 28.9 Å². The van der Waals surface area contributed by atoms with Crippen molar-refractivity contribution < 1.29 is 45.0 Å². The molecule has 1 atom stereocenters. The van der Waals surface area contributed by atoms with Crippen molar-refractivity contribution in [3.63, 3.8) is 0 Å². The van der Waals surface area contributed by atoms with E-state index in [9.17, 15) is 45.0 Å². The quantitative estimate of drug-likeness (QED) is 0.0845. The molecule has 17 heteroatoms. The van der Waals surface area contributed by atoms with Gasteiger partial charge in [-0.2, -0.15) is 8.78 Å². The molecule has 0 spiro atoms. The number of hydrogen-bond donors (Lipinski definition) is 4. The molecule has 0 saturated carbocycles. The summed E-state index contributed by atoms with van der Waals surface area (Å²) in [6.45, 7) is 1.92. The van der Waals surface area contributed by atoms with Gasteiger partial charge in [-0.05, 0) is 74.6 Å². The maximum absolute atomic E-state index is 14.7. The Bertz CT molecular complexity index is 2060. The average Bonchev–Trinajstić information content (AvgIpc) is 3.61. The zero-order valence-corrected chi connectivity index (χ0v) is 26.8. The third-order valence-corrected chi connectivity index (χ3v) is 7.72. The van der Waals surface area contributed by atoms with Gasteiger partial charge >= 0.3 is 0 Å². The van der Waals surface area contributed by atoms with E-state index in [1.807, 2.05) is 0 Å². The Labute approximate surface area is 285 Å². The standard InChI is InChI=1S/C34H29F8N7O2/c1-33(2,51)9-7-20-5-6-21(22-4-3-11-49-31(22)47-48-32(49)30(39)40)27(45-20)24(14-17-12-18(35)15-19(36)13-17)46-25(50)16-44-28-23(26(43)29(37)38)8-10-34(28,41)42/h3-6,11-13,15,24,29-30,43-44,51H,8,10,14,16H2,1-2H3,(H,46,50). The highest BCUT2D eigenvalue weighted by Gasteiger charge is 2.44. The van der Waals surface area contributed by atoms with Crippen LogP contribution in [0.15, 0.2) is 59.9 Å². The molecule has 9 nitrogen and oxygen atoms in total. The maximum atomic E-state index is 14.7. The van der Waals surface area contributed by atoms with Crippen LogP contribution in [0.1, 0.15) is 61.9 Å². The van der Waals surface area contributed by atoms with Crippen LogP contribution in [-0.2, 0) is 11.2 Å². The van der Waals surface area contributed by atoms with Gasteiger partial charge in [0.25, 0.3) is 18.8 Å². The lowest BCUT2D eigenvalue weighted by molar-refractivity contribution is -0.121. The van der Waals surface area contributed by atoms with Gasteiger partial charge in [0, 0.05) is 35.4 Å². The van der Waals surface area contributed by atoms with Gasteiger partial charge in [-0.1, -0.05) is 5.92 Å². The molecule has 1 aliphatic rings. The van der Waals surface area contributed by atoms with Crippen molar-refractivity contribution in [3.05, 3.63) is 94.3 Å². The van der Waals surface area contributed by atoms with Crippen LogP contribution in [0.2, 0.25) is 0 Å². The number of pyridine rings is 2. The van der Waals surface area contributed by atoms with Gasteiger partial charge in [0.1, 0.15) is 28.6 Å². The Morgan fingerprint density at radius 3 is 2.43 bits per heavy atom. The third kappa shape index (κ3) is 8.51. The molecule has 3 aromatic heterocycles. The molecule has 4 aromatic rings. The molecule has 0 fully saturated rings. The molecule has 1 aliphatic carbocycles. The Hall–Kier alpha value is -5.37. The number of halogens is 8. The fraction of sp³-hybridized carbons (Fsp3) is 0.324. The van der Waals surface area contributed by atoms with E-state index in [0.29, 0.717) is 6.07 Å². The van der Waals surface area contributed by atoms with Gasteiger partial charge in [-0.25, -0.2) is 31.3 Å². The topological polar surface area (TPSA) is 128 Å². The molecule has 268 valence electrons. The molecule has 5 rings (SSSR count). The van der Waals surface area contributed by atoms with Gasteiger partial charge in [0.15, 0.2) is 5.65 Å². The number of benzene rings is 1. The first-order chi connectivity index (χ1) is 23.9. The highest BCUT2D eigenvalue weighted by molar-refractivity contribution is 6.01. The van der Waals surface area contributed by atoms with E-state index >= 15 is 0 Å².